The Bertz CT molecular complexity index is 1360. The van der Waals surface area contributed by atoms with E-state index in [0.29, 0.717) is 37.4 Å². The van der Waals surface area contributed by atoms with Gasteiger partial charge in [-0.2, -0.15) is 5.10 Å². The van der Waals surface area contributed by atoms with E-state index in [1.165, 1.54) is 0 Å². The summed E-state index contributed by atoms with van der Waals surface area (Å²) in [7, 11) is 1.96. The van der Waals surface area contributed by atoms with E-state index in [-0.39, 0.29) is 5.91 Å². The van der Waals surface area contributed by atoms with Crippen LogP contribution in [0, 0.1) is 6.92 Å². The van der Waals surface area contributed by atoms with Crippen molar-refractivity contribution in [2.45, 2.75) is 25.4 Å². The molecular weight excluding hydrogens is 416 g/mol. The summed E-state index contributed by atoms with van der Waals surface area (Å²) < 4.78 is 14.0. The second kappa shape index (κ2) is 7.33. The van der Waals surface area contributed by atoms with Crippen LogP contribution < -0.4 is 4.74 Å². The van der Waals surface area contributed by atoms with Gasteiger partial charge in [-0.25, -0.2) is 0 Å². The number of carbonyl (C=O) groups is 1. The van der Waals surface area contributed by atoms with Gasteiger partial charge in [0.2, 0.25) is 0 Å². The minimum Gasteiger partial charge on any atom is -0.482 e. The number of amides is 1. The first-order chi connectivity index (χ1) is 16.0. The number of fused-ring (bicyclic) bond motifs is 4. The van der Waals surface area contributed by atoms with Crippen LogP contribution in [0.2, 0.25) is 0 Å². The number of aryl methyl sites for hydroxylation is 2. The van der Waals surface area contributed by atoms with Crippen LogP contribution in [-0.4, -0.2) is 38.8 Å². The lowest BCUT2D eigenvalue weighted by atomic mass is 9.81. The number of hydrogen-bond acceptors (Lipinski definition) is 5. The van der Waals surface area contributed by atoms with Gasteiger partial charge < -0.3 is 14.2 Å². The van der Waals surface area contributed by atoms with Gasteiger partial charge in [0.15, 0.2) is 11.5 Å². The zero-order valence-electron chi connectivity index (χ0n) is 18.6. The lowest BCUT2D eigenvalue weighted by Gasteiger charge is -2.44. The topological polar surface area (TPSA) is 73.4 Å². The summed E-state index contributed by atoms with van der Waals surface area (Å²) in [6.07, 6.45) is 3.29. The third-order valence-electron chi connectivity index (χ3n) is 6.77. The monoisotopic (exact) mass is 440 g/mol. The van der Waals surface area contributed by atoms with Crippen molar-refractivity contribution in [1.82, 2.24) is 19.8 Å². The lowest BCUT2D eigenvalue weighted by Crippen LogP contribution is -2.49. The van der Waals surface area contributed by atoms with E-state index in [9.17, 15) is 4.79 Å². The molecule has 0 atom stereocenters. The maximum atomic E-state index is 13.2. The van der Waals surface area contributed by atoms with Crippen molar-refractivity contribution in [2.24, 2.45) is 7.05 Å². The lowest BCUT2D eigenvalue weighted by molar-refractivity contribution is -0.00199. The summed E-state index contributed by atoms with van der Waals surface area (Å²) in [5, 5.41) is 8.58. The molecule has 2 aromatic heterocycles. The van der Waals surface area contributed by atoms with E-state index in [1.54, 1.807) is 6.07 Å². The van der Waals surface area contributed by atoms with Gasteiger partial charge in [0.05, 0.1) is 11.9 Å². The molecule has 1 saturated heterocycles. The number of para-hydroxylation sites is 1. The van der Waals surface area contributed by atoms with E-state index < -0.39 is 5.60 Å². The minimum atomic E-state index is -0.481. The van der Waals surface area contributed by atoms with E-state index in [2.05, 4.69) is 16.3 Å². The molecule has 0 bridgehead atoms. The fourth-order valence-electron chi connectivity index (χ4n) is 5.02. The van der Waals surface area contributed by atoms with Gasteiger partial charge in [-0.3, -0.25) is 9.48 Å². The first-order valence-corrected chi connectivity index (χ1v) is 11.2. The van der Waals surface area contributed by atoms with Crippen LogP contribution >= 0.6 is 0 Å². The average Bonchev–Trinajstić information content (AvgIpc) is 3.48. The van der Waals surface area contributed by atoms with Crippen LogP contribution in [0.3, 0.4) is 0 Å². The number of benzene rings is 2. The number of piperidine rings is 1. The second-order valence-electron chi connectivity index (χ2n) is 8.86. The Morgan fingerprint density at radius 1 is 1.06 bits per heavy atom. The number of rotatable bonds is 2. The zero-order valence-corrected chi connectivity index (χ0v) is 18.6. The molecular formula is C26H24N4O3. The molecule has 0 saturated carbocycles. The minimum absolute atomic E-state index is 0.116. The molecule has 7 heteroatoms. The van der Waals surface area contributed by atoms with Gasteiger partial charge >= 0.3 is 0 Å². The normalized spacial score (nSPS) is 16.2. The molecule has 2 aromatic carbocycles. The molecule has 1 spiro atoms. The highest BCUT2D eigenvalue weighted by Crippen LogP contribution is 2.49. The summed E-state index contributed by atoms with van der Waals surface area (Å²) in [4.78, 5) is 15.0. The molecule has 4 aromatic rings. The van der Waals surface area contributed by atoms with Gasteiger partial charge in [-0.1, -0.05) is 41.1 Å². The van der Waals surface area contributed by atoms with E-state index in [0.717, 1.165) is 33.7 Å². The van der Waals surface area contributed by atoms with Crippen molar-refractivity contribution in [3.8, 4) is 28.3 Å². The molecule has 4 heterocycles. The molecule has 0 aliphatic carbocycles. The molecule has 166 valence electrons. The van der Waals surface area contributed by atoms with Crippen LogP contribution in [0.4, 0.5) is 0 Å². The molecule has 33 heavy (non-hydrogen) atoms. The third-order valence-corrected chi connectivity index (χ3v) is 6.77. The standard InChI is InChI=1S/C26H24N4O3/c1-17-6-5-7-18(14-17)23-15-21(28-33-23)25(31)30-12-10-26(11-13-30)20-16-27-29(2)24(20)19-8-3-4-9-22(19)32-26/h3-9,14-16H,10-13H2,1-2H3. The highest BCUT2D eigenvalue weighted by molar-refractivity contribution is 5.93. The largest absolute Gasteiger partial charge is 0.482 e. The molecule has 2 aliphatic heterocycles. The molecule has 0 radical (unpaired) electrons. The van der Waals surface area contributed by atoms with Crippen LogP contribution in [0.1, 0.15) is 34.5 Å². The second-order valence-corrected chi connectivity index (χ2v) is 8.86. The highest BCUT2D eigenvalue weighted by Gasteiger charge is 2.46. The van der Waals surface area contributed by atoms with Gasteiger partial charge in [0, 0.05) is 55.7 Å². The van der Waals surface area contributed by atoms with Crippen LogP contribution in [0.15, 0.2) is 65.3 Å². The average molecular weight is 441 g/mol. The first kappa shape index (κ1) is 19.8. The predicted octanol–water partition coefficient (Wildman–Crippen LogP) is 4.57. The van der Waals surface area contributed by atoms with Gasteiger partial charge in [0.25, 0.3) is 5.91 Å². The van der Waals surface area contributed by atoms with E-state index in [4.69, 9.17) is 9.26 Å². The highest BCUT2D eigenvalue weighted by atomic mass is 16.5. The maximum absolute atomic E-state index is 13.2. The summed E-state index contributed by atoms with van der Waals surface area (Å²) in [6.45, 7) is 3.17. The smallest absolute Gasteiger partial charge is 0.276 e. The molecule has 0 N–H and O–H groups in total. The third kappa shape index (κ3) is 3.15. The summed E-state index contributed by atoms with van der Waals surface area (Å²) in [5.41, 5.74) is 5.14. The molecule has 0 unspecified atom stereocenters. The summed E-state index contributed by atoms with van der Waals surface area (Å²) >= 11 is 0. The fraction of sp³-hybridized carbons (Fsp3) is 0.269. The fourth-order valence-corrected chi connectivity index (χ4v) is 5.02. The Balaban J connectivity index is 1.23. The summed E-state index contributed by atoms with van der Waals surface area (Å²) in [5.74, 6) is 1.35. The number of aromatic nitrogens is 3. The van der Waals surface area contributed by atoms with Crippen LogP contribution in [0.5, 0.6) is 5.75 Å². The van der Waals surface area contributed by atoms with Crippen LogP contribution in [-0.2, 0) is 12.6 Å². The quantitative estimate of drug-likeness (QED) is 0.456. The Hall–Kier alpha value is -3.87. The molecule has 1 amide bonds. The molecule has 6 rings (SSSR count). The molecule has 1 fully saturated rings. The number of carbonyl (C=O) groups excluding carboxylic acids is 1. The van der Waals surface area contributed by atoms with E-state index >= 15 is 0 Å². The first-order valence-electron chi connectivity index (χ1n) is 11.2. The Labute approximate surface area is 191 Å². The number of ether oxygens (including phenoxy) is 1. The SMILES string of the molecule is Cc1cccc(-c2cc(C(=O)N3CCC4(CC3)Oc3ccccc3-c3c4cnn3C)no2)c1. The van der Waals surface area contributed by atoms with E-state index in [1.807, 2.05) is 72.2 Å². The van der Waals surface area contributed by atoms with Gasteiger partial charge in [-0.15, -0.1) is 0 Å². The van der Waals surface area contributed by atoms with Crippen molar-refractivity contribution < 1.29 is 14.1 Å². The maximum Gasteiger partial charge on any atom is 0.276 e. The van der Waals surface area contributed by atoms with Crippen molar-refractivity contribution in [3.63, 3.8) is 0 Å². The van der Waals surface area contributed by atoms with Gasteiger partial charge in [0.1, 0.15) is 11.4 Å². The van der Waals surface area contributed by atoms with Crippen molar-refractivity contribution in [3.05, 3.63) is 77.6 Å². The number of likely N-dealkylation sites (tertiary alicyclic amines) is 1. The predicted molar refractivity (Wildman–Crippen MR) is 123 cm³/mol. The Kier molecular flexibility index (Phi) is 4.40. The van der Waals surface area contributed by atoms with Crippen LogP contribution in [0.25, 0.3) is 22.6 Å². The number of hydrogen-bond donors (Lipinski definition) is 0. The van der Waals surface area contributed by atoms with Crippen molar-refractivity contribution in [2.75, 3.05) is 13.1 Å². The Morgan fingerprint density at radius 3 is 2.70 bits per heavy atom. The number of nitrogens with zero attached hydrogens (tertiary/aromatic N) is 4. The molecule has 7 nitrogen and oxygen atoms in total. The van der Waals surface area contributed by atoms with Crippen molar-refractivity contribution >= 4 is 5.91 Å². The zero-order chi connectivity index (χ0) is 22.6. The summed E-state index contributed by atoms with van der Waals surface area (Å²) in [6, 6.07) is 17.8. The molecule has 2 aliphatic rings. The Morgan fingerprint density at radius 2 is 1.88 bits per heavy atom. The van der Waals surface area contributed by atoms with Crippen molar-refractivity contribution in [1.29, 1.82) is 0 Å². The van der Waals surface area contributed by atoms with Gasteiger partial charge in [-0.05, 0) is 25.1 Å².